The molecule has 0 radical (unpaired) electrons. The third-order valence-corrected chi connectivity index (χ3v) is 5.04. The summed E-state index contributed by atoms with van der Waals surface area (Å²) in [7, 11) is 3.07. The molecule has 0 spiro atoms. The number of nitrogens with zero attached hydrogens (tertiary/aromatic N) is 4. The summed E-state index contributed by atoms with van der Waals surface area (Å²) in [5.41, 5.74) is 0.472. The van der Waals surface area contributed by atoms with E-state index in [1.807, 2.05) is 0 Å². The minimum absolute atomic E-state index is 0.0174. The third-order valence-electron chi connectivity index (χ3n) is 4.15. The molecular weight excluding hydrogens is 372 g/mol. The minimum Gasteiger partial charge on any atom is -0.507 e. The van der Waals surface area contributed by atoms with Crippen LogP contribution in [0, 0.1) is 0 Å². The highest BCUT2D eigenvalue weighted by Crippen LogP contribution is 2.24. The van der Waals surface area contributed by atoms with Gasteiger partial charge in [-0.2, -0.15) is 0 Å². The van der Waals surface area contributed by atoms with Crippen LogP contribution < -0.4 is 10.3 Å². The smallest absolute Gasteiger partial charge is 0.342 e. The van der Waals surface area contributed by atoms with Crippen molar-refractivity contribution in [1.82, 2.24) is 19.2 Å². The van der Waals surface area contributed by atoms with E-state index in [-0.39, 0.29) is 23.5 Å². The highest BCUT2D eigenvalue weighted by atomic mass is 32.1. The number of hydrogen-bond acceptors (Lipinski definition) is 8. The topological polar surface area (TPSA) is 108 Å². The Morgan fingerprint density at radius 2 is 2.11 bits per heavy atom. The van der Waals surface area contributed by atoms with E-state index in [1.54, 1.807) is 22.9 Å². The molecule has 4 rings (SSSR count). The number of ether oxygens (including phenoxy) is 2. The molecule has 0 fully saturated rings. The number of phenolic OH excluding ortho intramolecular Hbond substituents is 1. The molecule has 0 bridgehead atoms. The number of aromatic nitrogens is 4. The molecule has 1 aromatic carbocycles. The van der Waals surface area contributed by atoms with Crippen LogP contribution in [0.4, 0.5) is 0 Å². The van der Waals surface area contributed by atoms with Crippen LogP contribution in [0.15, 0.2) is 34.4 Å². The molecule has 1 N–H and O–H groups in total. The molecule has 27 heavy (non-hydrogen) atoms. The lowest BCUT2D eigenvalue weighted by Gasteiger charge is -2.08. The monoisotopic (exact) mass is 386 g/mol. The Balaban J connectivity index is 1.69. The molecule has 9 nitrogen and oxygen atoms in total. The Labute approximate surface area is 156 Å². The molecule has 10 heteroatoms. The lowest BCUT2D eigenvalue weighted by atomic mass is 10.2. The maximum Gasteiger partial charge on any atom is 0.342 e. The van der Waals surface area contributed by atoms with E-state index in [0.29, 0.717) is 27.6 Å². The summed E-state index contributed by atoms with van der Waals surface area (Å²) in [5, 5.41) is 19.8. The molecule has 0 atom stereocenters. The summed E-state index contributed by atoms with van der Waals surface area (Å²) in [5.74, 6) is 0.188. The molecule has 0 amide bonds. The quantitative estimate of drug-likeness (QED) is 0.532. The molecule has 0 unspecified atom stereocenters. The molecule has 0 saturated heterocycles. The summed E-state index contributed by atoms with van der Waals surface area (Å²) >= 11 is 1.32. The van der Waals surface area contributed by atoms with Crippen molar-refractivity contribution in [3.05, 3.63) is 51.4 Å². The van der Waals surface area contributed by atoms with Crippen molar-refractivity contribution in [3.8, 4) is 11.5 Å². The number of aromatic hydroxyl groups is 1. The van der Waals surface area contributed by atoms with Gasteiger partial charge in [0.05, 0.1) is 12.6 Å². The summed E-state index contributed by atoms with van der Waals surface area (Å²) in [6, 6.07) is 6.07. The molecule has 4 aromatic rings. The first-order valence-electron chi connectivity index (χ1n) is 7.85. The summed E-state index contributed by atoms with van der Waals surface area (Å²) in [6.45, 7) is -0.181. The number of hydrogen-bond donors (Lipinski definition) is 1. The second-order valence-corrected chi connectivity index (χ2v) is 6.63. The van der Waals surface area contributed by atoms with Gasteiger partial charge in [0.2, 0.25) is 5.78 Å². The highest BCUT2D eigenvalue weighted by Gasteiger charge is 2.19. The van der Waals surface area contributed by atoms with Crippen LogP contribution in [0.3, 0.4) is 0 Å². The standard InChI is InChI=1S/C17H14N4O5S/c1-20-15(23)14-11(5-6-27-14)21-13(18-19-17(20)21)8-26-16(24)10-7-9(25-2)3-4-12(10)22/h3-7,22H,8H2,1-2H3. The Morgan fingerprint density at radius 1 is 1.30 bits per heavy atom. The zero-order chi connectivity index (χ0) is 19.1. The van der Waals surface area contributed by atoms with Gasteiger partial charge in [0.15, 0.2) is 12.4 Å². The molecule has 3 heterocycles. The summed E-state index contributed by atoms with van der Waals surface area (Å²) < 4.78 is 14.0. The van der Waals surface area contributed by atoms with Gasteiger partial charge >= 0.3 is 5.97 Å². The normalized spacial score (nSPS) is 11.2. The highest BCUT2D eigenvalue weighted by molar-refractivity contribution is 7.17. The second kappa shape index (κ2) is 6.40. The Hall–Kier alpha value is -3.40. The first-order chi connectivity index (χ1) is 13.0. The number of thiophene rings is 1. The third kappa shape index (κ3) is 2.70. The minimum atomic E-state index is -0.727. The van der Waals surface area contributed by atoms with E-state index >= 15 is 0 Å². The fourth-order valence-corrected chi connectivity index (χ4v) is 3.61. The van der Waals surface area contributed by atoms with E-state index < -0.39 is 5.97 Å². The molecule has 3 aromatic heterocycles. The van der Waals surface area contributed by atoms with Crippen molar-refractivity contribution < 1.29 is 19.4 Å². The van der Waals surface area contributed by atoms with Crippen molar-refractivity contribution in [3.63, 3.8) is 0 Å². The molecular formula is C17H14N4O5S. The van der Waals surface area contributed by atoms with Gasteiger partial charge in [0.25, 0.3) is 5.56 Å². The molecule has 138 valence electrons. The van der Waals surface area contributed by atoms with Crippen LogP contribution in [0.5, 0.6) is 11.5 Å². The van der Waals surface area contributed by atoms with Gasteiger partial charge in [-0.1, -0.05) is 0 Å². The van der Waals surface area contributed by atoms with Crippen LogP contribution in [0.25, 0.3) is 16.0 Å². The van der Waals surface area contributed by atoms with Gasteiger partial charge in [-0.15, -0.1) is 21.5 Å². The van der Waals surface area contributed by atoms with Crippen molar-refractivity contribution >= 4 is 33.3 Å². The van der Waals surface area contributed by atoms with Gasteiger partial charge in [-0.05, 0) is 29.6 Å². The van der Waals surface area contributed by atoms with E-state index in [0.717, 1.165) is 0 Å². The van der Waals surface area contributed by atoms with Crippen LogP contribution in [0.1, 0.15) is 16.2 Å². The summed E-state index contributed by atoms with van der Waals surface area (Å²) in [4.78, 5) is 24.7. The van der Waals surface area contributed by atoms with E-state index in [2.05, 4.69) is 10.2 Å². The maximum atomic E-state index is 12.4. The van der Waals surface area contributed by atoms with Gasteiger partial charge in [0.1, 0.15) is 21.8 Å². The fourth-order valence-electron chi connectivity index (χ4n) is 2.76. The maximum absolute atomic E-state index is 12.4. The lowest BCUT2D eigenvalue weighted by Crippen LogP contribution is -2.19. The molecule has 0 saturated carbocycles. The number of methoxy groups -OCH3 is 1. The average Bonchev–Trinajstić information content (AvgIpc) is 3.31. The van der Waals surface area contributed by atoms with Gasteiger partial charge < -0.3 is 14.6 Å². The van der Waals surface area contributed by atoms with Gasteiger partial charge in [0, 0.05) is 7.05 Å². The van der Waals surface area contributed by atoms with Gasteiger partial charge in [-0.3, -0.25) is 13.8 Å². The van der Waals surface area contributed by atoms with Crippen LogP contribution in [-0.4, -0.2) is 37.4 Å². The number of aryl methyl sites for hydroxylation is 1. The SMILES string of the molecule is COc1ccc(O)c(C(=O)OCc2nnc3n(C)c(=O)c4sccc4n23)c1. The lowest BCUT2D eigenvalue weighted by molar-refractivity contribution is 0.0457. The number of rotatable bonds is 4. The Kier molecular flexibility index (Phi) is 4.04. The first-order valence-corrected chi connectivity index (χ1v) is 8.73. The van der Waals surface area contributed by atoms with E-state index in [9.17, 15) is 14.7 Å². The van der Waals surface area contributed by atoms with Gasteiger partial charge in [-0.25, -0.2) is 4.79 Å². The predicted octanol–water partition coefficient (Wildman–Crippen LogP) is 1.71. The molecule has 0 aliphatic rings. The second-order valence-electron chi connectivity index (χ2n) is 5.71. The zero-order valence-corrected chi connectivity index (χ0v) is 15.2. The number of carbonyl (C=O) groups is 1. The first kappa shape index (κ1) is 17.0. The van der Waals surface area contributed by atoms with E-state index in [4.69, 9.17) is 9.47 Å². The summed E-state index contributed by atoms with van der Waals surface area (Å²) in [6.07, 6.45) is 0. The number of benzene rings is 1. The number of fused-ring (bicyclic) bond motifs is 3. The number of carbonyl (C=O) groups excluding carboxylic acids is 1. The van der Waals surface area contributed by atoms with Crippen molar-refractivity contribution in [2.24, 2.45) is 7.05 Å². The largest absolute Gasteiger partial charge is 0.507 e. The number of esters is 1. The zero-order valence-electron chi connectivity index (χ0n) is 14.4. The predicted molar refractivity (Wildman–Crippen MR) is 97.4 cm³/mol. The molecule has 0 aliphatic carbocycles. The van der Waals surface area contributed by atoms with Crippen molar-refractivity contribution in [2.45, 2.75) is 6.61 Å². The van der Waals surface area contributed by atoms with Crippen LogP contribution in [-0.2, 0) is 18.4 Å². The van der Waals surface area contributed by atoms with Crippen LogP contribution in [0.2, 0.25) is 0 Å². The van der Waals surface area contributed by atoms with Crippen molar-refractivity contribution in [2.75, 3.05) is 7.11 Å². The Bertz CT molecular complexity index is 1240. The number of phenols is 1. The van der Waals surface area contributed by atoms with Crippen LogP contribution >= 0.6 is 11.3 Å². The van der Waals surface area contributed by atoms with E-state index in [1.165, 1.54) is 41.2 Å². The average molecular weight is 386 g/mol. The molecule has 0 aliphatic heterocycles. The Morgan fingerprint density at radius 3 is 2.89 bits per heavy atom. The van der Waals surface area contributed by atoms with Crippen molar-refractivity contribution in [1.29, 1.82) is 0 Å². The fraction of sp³-hybridized carbons (Fsp3) is 0.176.